The molecule has 0 aromatic heterocycles. The Kier molecular flexibility index (Phi) is 7.04. The highest BCUT2D eigenvalue weighted by atomic mass is 35.5. The van der Waals surface area contributed by atoms with Gasteiger partial charge in [-0.05, 0) is 50.5 Å². The van der Waals surface area contributed by atoms with Crippen molar-refractivity contribution in [3.05, 3.63) is 29.8 Å². The molecule has 7 heteroatoms. The average Bonchev–Trinajstić information content (AvgIpc) is 2.54. The van der Waals surface area contributed by atoms with Crippen LogP contribution in [-0.4, -0.2) is 43.6 Å². The number of piperidine rings is 1. The molecule has 1 aliphatic heterocycles. The minimum atomic E-state index is -3.23. The maximum Gasteiger partial charge on any atom is 0.254 e. The van der Waals surface area contributed by atoms with E-state index >= 15 is 0 Å². The van der Waals surface area contributed by atoms with Crippen LogP contribution in [0.15, 0.2) is 29.2 Å². The van der Waals surface area contributed by atoms with Gasteiger partial charge in [0.2, 0.25) is 0 Å². The fourth-order valence-corrected chi connectivity index (χ4v) is 3.78. The molecule has 2 N–H and O–H groups in total. The van der Waals surface area contributed by atoms with Crippen molar-refractivity contribution in [1.29, 1.82) is 0 Å². The monoisotopic (exact) mass is 360 g/mol. The van der Waals surface area contributed by atoms with E-state index in [1.165, 1.54) is 12.1 Å². The molecule has 0 bridgehead atoms. The minimum Gasteiger partial charge on any atom is -0.334 e. The van der Waals surface area contributed by atoms with Crippen LogP contribution in [0.25, 0.3) is 0 Å². The van der Waals surface area contributed by atoms with E-state index in [0.29, 0.717) is 12.1 Å². The van der Waals surface area contributed by atoms with Gasteiger partial charge < -0.3 is 10.6 Å². The maximum absolute atomic E-state index is 12.7. The summed E-state index contributed by atoms with van der Waals surface area (Å²) in [6.07, 6.45) is 2.99. The van der Waals surface area contributed by atoms with Gasteiger partial charge in [-0.2, -0.15) is 0 Å². The number of rotatable bonds is 4. The van der Waals surface area contributed by atoms with E-state index in [4.69, 9.17) is 5.73 Å². The maximum atomic E-state index is 12.7. The van der Waals surface area contributed by atoms with E-state index in [1.807, 2.05) is 11.8 Å². The lowest BCUT2D eigenvalue weighted by atomic mass is 9.96. The van der Waals surface area contributed by atoms with Crippen LogP contribution in [0.2, 0.25) is 0 Å². The summed E-state index contributed by atoms with van der Waals surface area (Å²) in [4.78, 5) is 14.8. The van der Waals surface area contributed by atoms with E-state index < -0.39 is 9.84 Å². The van der Waals surface area contributed by atoms with Gasteiger partial charge >= 0.3 is 0 Å². The smallest absolute Gasteiger partial charge is 0.254 e. The number of nitrogens with two attached hydrogens (primary N) is 1. The van der Waals surface area contributed by atoms with Crippen molar-refractivity contribution in [1.82, 2.24) is 4.90 Å². The third-order valence-electron chi connectivity index (χ3n) is 4.26. The molecule has 2 atom stereocenters. The number of amides is 1. The van der Waals surface area contributed by atoms with Crippen LogP contribution >= 0.6 is 12.4 Å². The summed E-state index contributed by atoms with van der Waals surface area (Å²) in [5.74, 6) is -0.0124. The van der Waals surface area contributed by atoms with Gasteiger partial charge in [0.25, 0.3) is 5.91 Å². The lowest BCUT2D eigenvalue weighted by Gasteiger charge is -2.38. The number of benzene rings is 1. The molecule has 2 unspecified atom stereocenters. The van der Waals surface area contributed by atoms with Crippen molar-refractivity contribution in [3.8, 4) is 0 Å². The van der Waals surface area contributed by atoms with Crippen LogP contribution in [0.4, 0.5) is 0 Å². The standard InChI is InChI=1S/C16H24N2O3S.ClH/c1-3-22(20,21)14-9-7-13(8-10-14)16(19)18-11-5-4-6-15(18)12(2)17;/h7-10,12,15H,3-6,11,17H2,1-2H3;1H. The fourth-order valence-electron chi connectivity index (χ4n) is 2.89. The molecular formula is C16H25ClN2O3S. The van der Waals surface area contributed by atoms with E-state index in [0.717, 1.165) is 19.3 Å². The van der Waals surface area contributed by atoms with Gasteiger partial charge in [-0.25, -0.2) is 8.42 Å². The molecule has 1 aromatic rings. The van der Waals surface area contributed by atoms with Gasteiger partial charge in [0.15, 0.2) is 9.84 Å². The number of carbonyl (C=O) groups excluding carboxylic acids is 1. The van der Waals surface area contributed by atoms with Crippen LogP contribution in [0.3, 0.4) is 0 Å². The predicted molar refractivity (Wildman–Crippen MR) is 93.7 cm³/mol. The van der Waals surface area contributed by atoms with E-state index in [9.17, 15) is 13.2 Å². The molecular weight excluding hydrogens is 336 g/mol. The summed E-state index contributed by atoms with van der Waals surface area (Å²) in [6.45, 7) is 4.24. The minimum absolute atomic E-state index is 0. The Hall–Kier alpha value is -1.11. The summed E-state index contributed by atoms with van der Waals surface area (Å²) in [5.41, 5.74) is 6.52. The molecule has 0 radical (unpaired) electrons. The molecule has 130 valence electrons. The highest BCUT2D eigenvalue weighted by molar-refractivity contribution is 7.91. The zero-order valence-corrected chi connectivity index (χ0v) is 15.2. The van der Waals surface area contributed by atoms with Crippen molar-refractivity contribution in [2.75, 3.05) is 12.3 Å². The molecule has 2 rings (SSSR count). The molecule has 1 aliphatic rings. The number of nitrogens with zero attached hydrogens (tertiary/aromatic N) is 1. The molecule has 0 spiro atoms. The molecule has 0 saturated carbocycles. The van der Waals surface area contributed by atoms with Gasteiger partial charge in [-0.3, -0.25) is 4.79 Å². The third-order valence-corrected chi connectivity index (χ3v) is 6.01. The summed E-state index contributed by atoms with van der Waals surface area (Å²) < 4.78 is 23.6. The van der Waals surface area contributed by atoms with Gasteiger partial charge in [0.1, 0.15) is 0 Å². The second kappa shape index (κ2) is 8.13. The highest BCUT2D eigenvalue weighted by Crippen LogP contribution is 2.22. The first kappa shape index (κ1) is 19.9. The Bertz CT molecular complexity index is 629. The fraction of sp³-hybridized carbons (Fsp3) is 0.562. The third kappa shape index (κ3) is 4.46. The lowest BCUT2D eigenvalue weighted by molar-refractivity contribution is 0.0583. The number of hydrogen-bond donors (Lipinski definition) is 1. The van der Waals surface area contributed by atoms with Crippen LogP contribution in [0.1, 0.15) is 43.5 Å². The SMILES string of the molecule is CCS(=O)(=O)c1ccc(C(=O)N2CCCCC2C(C)N)cc1.Cl. The van der Waals surface area contributed by atoms with E-state index in [-0.39, 0.29) is 41.0 Å². The Labute approximate surface area is 144 Å². The number of halogens is 1. The van der Waals surface area contributed by atoms with Gasteiger partial charge in [-0.1, -0.05) is 6.92 Å². The van der Waals surface area contributed by atoms with Crippen molar-refractivity contribution in [2.45, 2.75) is 50.1 Å². The van der Waals surface area contributed by atoms with Crippen molar-refractivity contribution in [3.63, 3.8) is 0 Å². The zero-order chi connectivity index (χ0) is 16.3. The quantitative estimate of drug-likeness (QED) is 0.892. The summed E-state index contributed by atoms with van der Waals surface area (Å²) in [5, 5.41) is 0. The second-order valence-electron chi connectivity index (χ2n) is 5.85. The van der Waals surface area contributed by atoms with Crippen molar-refractivity contribution in [2.24, 2.45) is 5.73 Å². The van der Waals surface area contributed by atoms with Gasteiger partial charge in [0, 0.05) is 24.2 Å². The molecule has 1 saturated heterocycles. The number of carbonyl (C=O) groups is 1. The molecule has 1 aromatic carbocycles. The first-order valence-corrected chi connectivity index (χ1v) is 9.41. The predicted octanol–water partition coefficient (Wildman–Crippen LogP) is 2.24. The van der Waals surface area contributed by atoms with Crippen LogP contribution in [0.5, 0.6) is 0 Å². The summed E-state index contributed by atoms with van der Waals surface area (Å²) in [6, 6.07) is 6.20. The number of likely N-dealkylation sites (tertiary alicyclic amines) is 1. The van der Waals surface area contributed by atoms with Crippen LogP contribution in [0, 0.1) is 0 Å². The van der Waals surface area contributed by atoms with Crippen molar-refractivity contribution < 1.29 is 13.2 Å². The van der Waals surface area contributed by atoms with Crippen molar-refractivity contribution >= 4 is 28.2 Å². The summed E-state index contributed by atoms with van der Waals surface area (Å²) in [7, 11) is -3.23. The lowest BCUT2D eigenvalue weighted by Crippen LogP contribution is -2.51. The molecule has 1 amide bonds. The molecule has 1 fully saturated rings. The van der Waals surface area contributed by atoms with E-state index in [2.05, 4.69) is 0 Å². The first-order valence-electron chi connectivity index (χ1n) is 7.76. The zero-order valence-electron chi connectivity index (χ0n) is 13.6. The Morgan fingerprint density at radius 1 is 1.30 bits per heavy atom. The van der Waals surface area contributed by atoms with Gasteiger partial charge in [0.05, 0.1) is 10.6 Å². The van der Waals surface area contributed by atoms with E-state index in [1.54, 1.807) is 19.1 Å². The number of sulfone groups is 1. The molecule has 5 nitrogen and oxygen atoms in total. The number of hydrogen-bond acceptors (Lipinski definition) is 4. The Morgan fingerprint density at radius 2 is 1.91 bits per heavy atom. The second-order valence-corrected chi connectivity index (χ2v) is 8.13. The topological polar surface area (TPSA) is 80.5 Å². The Balaban J connectivity index is 0.00000264. The normalized spacial score (nSPS) is 19.8. The van der Waals surface area contributed by atoms with Crippen LogP contribution < -0.4 is 5.73 Å². The largest absolute Gasteiger partial charge is 0.334 e. The van der Waals surface area contributed by atoms with Gasteiger partial charge in [-0.15, -0.1) is 12.4 Å². The average molecular weight is 361 g/mol. The first-order chi connectivity index (χ1) is 10.4. The molecule has 1 heterocycles. The summed E-state index contributed by atoms with van der Waals surface area (Å²) >= 11 is 0. The van der Waals surface area contributed by atoms with Crippen LogP contribution in [-0.2, 0) is 9.84 Å². The molecule has 23 heavy (non-hydrogen) atoms. The Morgan fingerprint density at radius 3 is 2.43 bits per heavy atom. The highest BCUT2D eigenvalue weighted by Gasteiger charge is 2.29. The molecule has 0 aliphatic carbocycles.